The minimum absolute atomic E-state index is 0.0181. The third-order valence-electron chi connectivity index (χ3n) is 5.29. The molecule has 1 amide bonds. The fourth-order valence-corrected chi connectivity index (χ4v) is 3.88. The molecule has 4 nitrogen and oxygen atoms in total. The fourth-order valence-electron chi connectivity index (χ4n) is 3.88. The van der Waals surface area contributed by atoms with Crippen molar-refractivity contribution < 1.29 is 9.53 Å². The third kappa shape index (κ3) is 2.00. The number of nitrogens with two attached hydrogens (primary N) is 1. The van der Waals surface area contributed by atoms with E-state index in [1.807, 2.05) is 0 Å². The van der Waals surface area contributed by atoms with E-state index in [0.717, 1.165) is 32.3 Å². The number of carbonyl (C=O) groups is 1. The number of hydrogen-bond acceptors (Lipinski definition) is 3. The van der Waals surface area contributed by atoms with Crippen LogP contribution in [-0.2, 0) is 9.53 Å². The zero-order chi connectivity index (χ0) is 14.3. The molecule has 3 N–H and O–H groups in total. The number of amides is 1. The SMILES string of the molecule is CCCC(CC)NC(=O)C1(N)C2CCOC2C1(C)C. The first-order chi connectivity index (χ1) is 8.89. The highest BCUT2D eigenvalue weighted by atomic mass is 16.5. The van der Waals surface area contributed by atoms with Gasteiger partial charge >= 0.3 is 0 Å². The highest BCUT2D eigenvalue weighted by Gasteiger charge is 2.71. The van der Waals surface area contributed by atoms with Crippen molar-refractivity contribution in [1.82, 2.24) is 5.32 Å². The molecule has 2 rings (SSSR count). The average Bonchev–Trinajstić information content (AvgIpc) is 2.84. The largest absolute Gasteiger partial charge is 0.377 e. The molecule has 19 heavy (non-hydrogen) atoms. The van der Waals surface area contributed by atoms with Crippen LogP contribution >= 0.6 is 0 Å². The number of hydrogen-bond donors (Lipinski definition) is 2. The molecule has 2 fully saturated rings. The Labute approximate surface area is 116 Å². The van der Waals surface area contributed by atoms with Gasteiger partial charge in [-0.1, -0.05) is 34.1 Å². The maximum atomic E-state index is 12.7. The van der Waals surface area contributed by atoms with Crippen LogP contribution in [0.4, 0.5) is 0 Å². The summed E-state index contributed by atoms with van der Waals surface area (Å²) in [6, 6.07) is 0.245. The van der Waals surface area contributed by atoms with Crippen LogP contribution < -0.4 is 11.1 Å². The first-order valence-corrected chi connectivity index (χ1v) is 7.61. The number of carbonyl (C=O) groups excluding carboxylic acids is 1. The second-order valence-corrected chi connectivity index (χ2v) is 6.64. The molecule has 4 atom stereocenters. The Morgan fingerprint density at radius 2 is 2.16 bits per heavy atom. The molecule has 1 saturated heterocycles. The normalized spacial score (nSPS) is 37.3. The summed E-state index contributed by atoms with van der Waals surface area (Å²) >= 11 is 0. The van der Waals surface area contributed by atoms with Crippen molar-refractivity contribution in [2.75, 3.05) is 6.61 Å². The van der Waals surface area contributed by atoms with Gasteiger partial charge in [0.1, 0.15) is 5.54 Å². The van der Waals surface area contributed by atoms with Gasteiger partial charge in [0, 0.05) is 24.0 Å². The molecule has 0 aromatic heterocycles. The van der Waals surface area contributed by atoms with E-state index in [-0.39, 0.29) is 29.4 Å². The van der Waals surface area contributed by atoms with Crippen LogP contribution in [0.3, 0.4) is 0 Å². The minimum Gasteiger partial charge on any atom is -0.377 e. The molecule has 0 aromatic carbocycles. The molecule has 0 radical (unpaired) electrons. The zero-order valence-electron chi connectivity index (χ0n) is 12.7. The van der Waals surface area contributed by atoms with Gasteiger partial charge in [0.15, 0.2) is 0 Å². The van der Waals surface area contributed by atoms with Crippen LogP contribution in [0.25, 0.3) is 0 Å². The van der Waals surface area contributed by atoms with Crippen LogP contribution in [0.15, 0.2) is 0 Å². The predicted molar refractivity (Wildman–Crippen MR) is 75.7 cm³/mol. The molecule has 1 heterocycles. The zero-order valence-corrected chi connectivity index (χ0v) is 12.7. The molecular formula is C15H28N2O2. The highest BCUT2D eigenvalue weighted by Crippen LogP contribution is 2.58. The van der Waals surface area contributed by atoms with E-state index in [9.17, 15) is 4.79 Å². The summed E-state index contributed by atoms with van der Waals surface area (Å²) in [6.45, 7) is 9.09. The Kier molecular flexibility index (Phi) is 3.94. The van der Waals surface area contributed by atoms with Crippen molar-refractivity contribution in [1.29, 1.82) is 0 Å². The molecule has 1 aliphatic carbocycles. The van der Waals surface area contributed by atoms with Crippen molar-refractivity contribution in [2.45, 2.75) is 71.1 Å². The lowest BCUT2D eigenvalue weighted by atomic mass is 9.48. The van der Waals surface area contributed by atoms with Crippen molar-refractivity contribution in [3.63, 3.8) is 0 Å². The topological polar surface area (TPSA) is 64.4 Å². The molecule has 4 unspecified atom stereocenters. The van der Waals surface area contributed by atoms with E-state index < -0.39 is 5.54 Å². The Bertz CT molecular complexity index is 356. The smallest absolute Gasteiger partial charge is 0.241 e. The lowest BCUT2D eigenvalue weighted by Gasteiger charge is -2.60. The van der Waals surface area contributed by atoms with E-state index in [2.05, 4.69) is 33.0 Å². The second kappa shape index (κ2) is 5.06. The molecule has 110 valence electrons. The Morgan fingerprint density at radius 1 is 1.47 bits per heavy atom. The molecule has 1 aliphatic heterocycles. The maximum absolute atomic E-state index is 12.7. The number of ether oxygens (including phenoxy) is 1. The van der Waals surface area contributed by atoms with Gasteiger partial charge in [-0.2, -0.15) is 0 Å². The standard InChI is InChI=1S/C15H28N2O2/c1-5-7-10(6-2)17-13(18)15(16)11-8-9-19-12(11)14(15,3)4/h10-12H,5-9,16H2,1-4H3,(H,17,18). The monoisotopic (exact) mass is 268 g/mol. The van der Waals surface area contributed by atoms with Gasteiger partial charge in [-0.15, -0.1) is 0 Å². The molecule has 0 aromatic rings. The van der Waals surface area contributed by atoms with Crippen LogP contribution in [0.1, 0.15) is 53.4 Å². The molecule has 0 bridgehead atoms. The number of nitrogens with one attached hydrogen (secondary N) is 1. The summed E-state index contributed by atoms with van der Waals surface area (Å²) in [5.74, 6) is 0.200. The molecule has 1 saturated carbocycles. The van der Waals surface area contributed by atoms with Crippen LogP contribution in [0, 0.1) is 11.3 Å². The summed E-state index contributed by atoms with van der Waals surface area (Å²) in [7, 11) is 0. The van der Waals surface area contributed by atoms with E-state index >= 15 is 0 Å². The van der Waals surface area contributed by atoms with Gasteiger partial charge in [-0.05, 0) is 19.3 Å². The van der Waals surface area contributed by atoms with Crippen molar-refractivity contribution in [3.05, 3.63) is 0 Å². The lowest BCUT2D eigenvalue weighted by Crippen LogP contribution is -2.80. The van der Waals surface area contributed by atoms with E-state index in [4.69, 9.17) is 10.5 Å². The van der Waals surface area contributed by atoms with Gasteiger partial charge < -0.3 is 15.8 Å². The van der Waals surface area contributed by atoms with Gasteiger partial charge in [-0.3, -0.25) is 4.79 Å². The molecule has 0 spiro atoms. The molecule has 4 heteroatoms. The van der Waals surface area contributed by atoms with E-state index in [0.29, 0.717) is 0 Å². The lowest BCUT2D eigenvalue weighted by molar-refractivity contribution is -0.176. The number of rotatable bonds is 5. The average molecular weight is 268 g/mol. The van der Waals surface area contributed by atoms with E-state index in [1.165, 1.54) is 0 Å². The Balaban J connectivity index is 2.09. The van der Waals surface area contributed by atoms with Crippen molar-refractivity contribution in [3.8, 4) is 0 Å². The van der Waals surface area contributed by atoms with Gasteiger partial charge in [-0.25, -0.2) is 0 Å². The first kappa shape index (κ1) is 14.8. The summed E-state index contributed by atoms with van der Waals surface area (Å²) in [5, 5.41) is 3.16. The predicted octanol–water partition coefficient (Wildman–Crippen LogP) is 1.82. The summed E-state index contributed by atoms with van der Waals surface area (Å²) in [5.41, 5.74) is 5.47. The number of fused-ring (bicyclic) bond motifs is 1. The van der Waals surface area contributed by atoms with Crippen molar-refractivity contribution >= 4 is 5.91 Å². The molecular weight excluding hydrogens is 240 g/mol. The van der Waals surface area contributed by atoms with E-state index in [1.54, 1.807) is 0 Å². The van der Waals surface area contributed by atoms with Crippen LogP contribution in [-0.4, -0.2) is 30.2 Å². The summed E-state index contributed by atoms with van der Waals surface area (Å²) in [4.78, 5) is 12.7. The summed E-state index contributed by atoms with van der Waals surface area (Å²) in [6.07, 6.45) is 4.11. The van der Waals surface area contributed by atoms with Gasteiger partial charge in [0.05, 0.1) is 6.10 Å². The van der Waals surface area contributed by atoms with Crippen LogP contribution in [0.5, 0.6) is 0 Å². The molecule has 2 aliphatic rings. The maximum Gasteiger partial charge on any atom is 0.241 e. The fraction of sp³-hybridized carbons (Fsp3) is 0.933. The minimum atomic E-state index is -0.769. The first-order valence-electron chi connectivity index (χ1n) is 7.61. The summed E-state index contributed by atoms with van der Waals surface area (Å²) < 4.78 is 5.73. The highest BCUT2D eigenvalue weighted by molar-refractivity contribution is 5.89. The van der Waals surface area contributed by atoms with Gasteiger partial charge in [0.2, 0.25) is 5.91 Å². The van der Waals surface area contributed by atoms with Gasteiger partial charge in [0.25, 0.3) is 0 Å². The van der Waals surface area contributed by atoms with Crippen LogP contribution in [0.2, 0.25) is 0 Å². The Hall–Kier alpha value is -0.610. The quantitative estimate of drug-likeness (QED) is 0.799. The van der Waals surface area contributed by atoms with Crippen molar-refractivity contribution in [2.24, 2.45) is 17.1 Å². The Morgan fingerprint density at radius 3 is 2.74 bits per heavy atom. The third-order valence-corrected chi connectivity index (χ3v) is 5.29. The second-order valence-electron chi connectivity index (χ2n) is 6.64.